The predicted octanol–water partition coefficient (Wildman–Crippen LogP) is 4.46. The van der Waals surface area contributed by atoms with E-state index in [9.17, 15) is 4.79 Å². The molecule has 0 fully saturated rings. The minimum Gasteiger partial charge on any atom is -0.496 e. The molecule has 6 nitrogen and oxygen atoms in total. The normalized spacial score (nSPS) is 18.4. The van der Waals surface area contributed by atoms with Crippen LogP contribution in [0.4, 0.5) is 5.95 Å². The van der Waals surface area contributed by atoms with Crippen LogP contribution in [0.5, 0.6) is 5.75 Å². The zero-order valence-electron chi connectivity index (χ0n) is 17.1. The number of fused-ring (bicyclic) bond motifs is 1. The topological polar surface area (TPSA) is 60.2 Å². The highest BCUT2D eigenvalue weighted by Crippen LogP contribution is 2.44. The van der Waals surface area contributed by atoms with Crippen molar-refractivity contribution in [1.29, 1.82) is 0 Å². The number of methoxy groups -OCH3 is 1. The van der Waals surface area contributed by atoms with Crippen LogP contribution in [0.1, 0.15) is 55.0 Å². The number of carbonyl (C=O) groups excluding carboxylic acids is 1. The maximum atomic E-state index is 13.1. The highest BCUT2D eigenvalue weighted by molar-refractivity contribution is 5.92. The van der Waals surface area contributed by atoms with Gasteiger partial charge in [0.1, 0.15) is 12.1 Å². The fourth-order valence-electron chi connectivity index (χ4n) is 4.09. The van der Waals surface area contributed by atoms with Crippen LogP contribution in [0, 0.1) is 6.92 Å². The number of nitrogens with zero attached hydrogens (tertiary/aromatic N) is 4. The van der Waals surface area contributed by atoms with E-state index in [1.54, 1.807) is 7.11 Å². The number of aromatic nitrogens is 3. The highest BCUT2D eigenvalue weighted by atomic mass is 16.5. The molecule has 3 aromatic rings. The molecule has 1 aliphatic heterocycles. The van der Waals surface area contributed by atoms with Crippen LogP contribution >= 0.6 is 0 Å². The van der Waals surface area contributed by atoms with Gasteiger partial charge in [0.05, 0.1) is 19.2 Å². The number of ether oxygens (including phenoxy) is 1. The van der Waals surface area contributed by atoms with Crippen molar-refractivity contribution in [3.05, 3.63) is 71.5 Å². The van der Waals surface area contributed by atoms with Crippen molar-refractivity contribution in [1.82, 2.24) is 14.8 Å². The Balaban J connectivity index is 1.85. The Kier molecular flexibility index (Phi) is 5.34. The monoisotopic (exact) mass is 390 g/mol. The molecule has 0 aliphatic carbocycles. The van der Waals surface area contributed by atoms with Gasteiger partial charge in [0.25, 0.3) is 0 Å². The van der Waals surface area contributed by atoms with Gasteiger partial charge >= 0.3 is 0 Å². The Morgan fingerprint density at radius 1 is 1.14 bits per heavy atom. The van der Waals surface area contributed by atoms with E-state index in [2.05, 4.69) is 47.3 Å². The number of hydrogen-bond acceptors (Lipinski definition) is 4. The molecule has 0 unspecified atom stereocenters. The Bertz CT molecular complexity index is 996. The summed E-state index contributed by atoms with van der Waals surface area (Å²) in [5.74, 6) is 1.48. The number of para-hydroxylation sites is 1. The van der Waals surface area contributed by atoms with Crippen molar-refractivity contribution in [2.24, 2.45) is 0 Å². The Morgan fingerprint density at radius 2 is 1.90 bits per heavy atom. The minimum absolute atomic E-state index is 0.0689. The van der Waals surface area contributed by atoms with Gasteiger partial charge in [0.15, 0.2) is 0 Å². The molecule has 29 heavy (non-hydrogen) atoms. The molecule has 1 amide bonds. The van der Waals surface area contributed by atoms with Gasteiger partial charge in [-0.05, 0) is 31.4 Å². The first-order valence-corrected chi connectivity index (χ1v) is 10.0. The number of rotatable bonds is 5. The van der Waals surface area contributed by atoms with Crippen molar-refractivity contribution >= 4 is 11.9 Å². The lowest BCUT2D eigenvalue weighted by molar-refractivity contribution is -0.119. The SMILES string of the molecule is CCCC(=O)N1c2ncnn2[C@H](c2ccccc2OC)C[C@@H]1c1ccc(C)cc1. The second-order valence-corrected chi connectivity index (χ2v) is 7.44. The van der Waals surface area contributed by atoms with E-state index in [4.69, 9.17) is 4.74 Å². The molecular weight excluding hydrogens is 364 g/mol. The number of amides is 1. The summed E-state index contributed by atoms with van der Waals surface area (Å²) in [6, 6.07) is 16.2. The van der Waals surface area contributed by atoms with E-state index in [-0.39, 0.29) is 18.0 Å². The van der Waals surface area contributed by atoms with Crippen LogP contribution in [0.25, 0.3) is 0 Å². The largest absolute Gasteiger partial charge is 0.496 e. The molecule has 1 aliphatic rings. The molecule has 150 valence electrons. The second-order valence-electron chi connectivity index (χ2n) is 7.44. The third-order valence-electron chi connectivity index (χ3n) is 5.52. The lowest BCUT2D eigenvalue weighted by atomic mass is 9.91. The number of benzene rings is 2. The summed E-state index contributed by atoms with van der Waals surface area (Å²) in [5, 5.41) is 4.48. The van der Waals surface area contributed by atoms with E-state index in [0.29, 0.717) is 18.8 Å². The predicted molar refractivity (Wildman–Crippen MR) is 112 cm³/mol. The third-order valence-corrected chi connectivity index (χ3v) is 5.52. The smallest absolute Gasteiger partial charge is 0.231 e. The molecule has 0 N–H and O–H groups in total. The van der Waals surface area contributed by atoms with E-state index in [1.165, 1.54) is 11.9 Å². The van der Waals surface area contributed by atoms with Crippen LogP contribution in [-0.4, -0.2) is 27.8 Å². The van der Waals surface area contributed by atoms with Gasteiger partial charge in [0.2, 0.25) is 11.9 Å². The standard InChI is InChI=1S/C23H26N4O2/c1-4-7-22(28)26-19(17-12-10-16(2)11-13-17)14-20(27-23(26)24-15-25-27)18-8-5-6-9-21(18)29-3/h5-6,8-13,15,19-20H,4,7,14H2,1-3H3/t19-,20+/m1/s1. The first kappa shape index (κ1) is 19.2. The molecule has 0 radical (unpaired) electrons. The first-order chi connectivity index (χ1) is 14.1. The molecule has 0 saturated heterocycles. The zero-order chi connectivity index (χ0) is 20.4. The highest BCUT2D eigenvalue weighted by Gasteiger charge is 2.39. The number of aryl methyl sites for hydroxylation is 1. The fourth-order valence-corrected chi connectivity index (χ4v) is 4.09. The zero-order valence-corrected chi connectivity index (χ0v) is 17.1. The Hall–Kier alpha value is -3.15. The van der Waals surface area contributed by atoms with Gasteiger partial charge < -0.3 is 4.74 Å². The number of carbonyl (C=O) groups is 1. The van der Waals surface area contributed by atoms with Crippen molar-refractivity contribution < 1.29 is 9.53 Å². The Morgan fingerprint density at radius 3 is 2.62 bits per heavy atom. The van der Waals surface area contributed by atoms with Gasteiger partial charge in [-0.1, -0.05) is 55.0 Å². The molecule has 0 bridgehead atoms. The Labute approximate surface area is 171 Å². The van der Waals surface area contributed by atoms with Crippen molar-refractivity contribution in [2.45, 2.75) is 45.2 Å². The molecule has 4 rings (SSSR count). The molecule has 2 heterocycles. The minimum atomic E-state index is -0.110. The second kappa shape index (κ2) is 8.07. The maximum Gasteiger partial charge on any atom is 0.231 e. The molecule has 0 saturated carbocycles. The molecule has 2 atom stereocenters. The lowest BCUT2D eigenvalue weighted by Crippen LogP contribution is -2.42. The van der Waals surface area contributed by atoms with Gasteiger partial charge in [-0.2, -0.15) is 10.1 Å². The van der Waals surface area contributed by atoms with Crippen molar-refractivity contribution in [3.63, 3.8) is 0 Å². The van der Waals surface area contributed by atoms with E-state index >= 15 is 0 Å². The van der Waals surface area contributed by atoms with Crippen LogP contribution in [0.3, 0.4) is 0 Å². The number of anilines is 1. The first-order valence-electron chi connectivity index (χ1n) is 10.0. The summed E-state index contributed by atoms with van der Waals surface area (Å²) in [4.78, 5) is 19.4. The lowest BCUT2D eigenvalue weighted by Gasteiger charge is -2.39. The average Bonchev–Trinajstić information content (AvgIpc) is 3.23. The van der Waals surface area contributed by atoms with Gasteiger partial charge in [-0.15, -0.1) is 0 Å². The molecule has 6 heteroatoms. The molecule has 2 aromatic carbocycles. The van der Waals surface area contributed by atoms with Crippen LogP contribution in [0.15, 0.2) is 54.9 Å². The quantitative estimate of drug-likeness (QED) is 0.645. The summed E-state index contributed by atoms with van der Waals surface area (Å²) in [6.07, 6.45) is 3.51. The van der Waals surface area contributed by atoms with E-state index in [1.807, 2.05) is 34.7 Å². The van der Waals surface area contributed by atoms with Crippen LogP contribution in [-0.2, 0) is 4.79 Å². The molecule has 1 aromatic heterocycles. The third kappa shape index (κ3) is 3.50. The van der Waals surface area contributed by atoms with Crippen molar-refractivity contribution in [3.8, 4) is 5.75 Å². The van der Waals surface area contributed by atoms with Gasteiger partial charge in [0, 0.05) is 12.0 Å². The van der Waals surface area contributed by atoms with Gasteiger partial charge in [-0.3, -0.25) is 9.69 Å². The molecule has 0 spiro atoms. The van der Waals surface area contributed by atoms with E-state index in [0.717, 1.165) is 23.3 Å². The van der Waals surface area contributed by atoms with Crippen molar-refractivity contribution in [2.75, 3.05) is 12.0 Å². The number of hydrogen-bond donors (Lipinski definition) is 0. The van der Waals surface area contributed by atoms with Gasteiger partial charge in [-0.25, -0.2) is 4.68 Å². The van der Waals surface area contributed by atoms with E-state index < -0.39 is 0 Å². The maximum absolute atomic E-state index is 13.1. The average molecular weight is 390 g/mol. The summed E-state index contributed by atoms with van der Waals surface area (Å²) >= 11 is 0. The summed E-state index contributed by atoms with van der Waals surface area (Å²) in [5.41, 5.74) is 3.34. The summed E-state index contributed by atoms with van der Waals surface area (Å²) in [6.45, 7) is 4.09. The molecular formula is C23H26N4O2. The summed E-state index contributed by atoms with van der Waals surface area (Å²) < 4.78 is 7.47. The summed E-state index contributed by atoms with van der Waals surface area (Å²) in [7, 11) is 1.68. The van der Waals surface area contributed by atoms with Crippen LogP contribution in [0.2, 0.25) is 0 Å². The fraction of sp³-hybridized carbons (Fsp3) is 0.348. The van der Waals surface area contributed by atoms with Crippen LogP contribution < -0.4 is 9.64 Å².